The van der Waals surface area contributed by atoms with Crippen LogP contribution in [-0.2, 0) is 5.41 Å². The molecule has 5 aliphatic carbocycles. The van der Waals surface area contributed by atoms with Gasteiger partial charge < -0.3 is 4.57 Å². The van der Waals surface area contributed by atoms with Crippen molar-refractivity contribution < 1.29 is 0 Å². The Kier molecular flexibility index (Phi) is 7.49. The number of hydrogen-bond acceptors (Lipinski definition) is 4. The van der Waals surface area contributed by atoms with E-state index in [1.165, 1.54) is 65.5 Å². The first-order valence-corrected chi connectivity index (χ1v) is 21.8. The molecule has 0 N–H and O–H groups in total. The highest BCUT2D eigenvalue weighted by Crippen LogP contribution is 2.70. The second-order valence-corrected chi connectivity index (χ2v) is 17.9. The van der Waals surface area contributed by atoms with Gasteiger partial charge in [0.15, 0.2) is 17.5 Å². The number of rotatable bonds is 5. The molecule has 4 bridgehead atoms. The molecule has 7 aromatic carbocycles. The molecule has 5 aliphatic rings. The monoisotopic (exact) mass is 783 g/mol. The highest BCUT2D eigenvalue weighted by molar-refractivity contribution is 6.12. The Morgan fingerprint density at radius 3 is 1.77 bits per heavy atom. The zero-order valence-electron chi connectivity index (χ0n) is 33.7. The van der Waals surface area contributed by atoms with Gasteiger partial charge in [-0.25, -0.2) is 15.0 Å². The summed E-state index contributed by atoms with van der Waals surface area (Å²) in [5.74, 6) is 4.95. The number of para-hydroxylation sites is 1. The molecule has 4 fully saturated rings. The van der Waals surface area contributed by atoms with Crippen molar-refractivity contribution in [2.24, 2.45) is 23.7 Å². The normalized spacial score (nSPS) is 21.8. The lowest BCUT2D eigenvalue weighted by molar-refractivity contribution is -0.0399. The van der Waals surface area contributed by atoms with Crippen LogP contribution in [0.4, 0.5) is 0 Å². The van der Waals surface area contributed by atoms with Gasteiger partial charge in [0.2, 0.25) is 0 Å². The summed E-state index contributed by atoms with van der Waals surface area (Å²) in [4.78, 5) is 15.6. The van der Waals surface area contributed by atoms with Gasteiger partial charge >= 0.3 is 0 Å². The molecule has 5 nitrogen and oxygen atoms in total. The molecular formula is C56H41N5. The SMILES string of the molecule is N#Cc1cccc2c1c1ccc(-c3ccc4c(c3)C3(c5cccc(-c6nc(-c7ccccc7)nc(-c7ccccc7)n6)c5-4)C4CC5CC(C4)CC3C5)cc1n2-c1ccccc1. The largest absolute Gasteiger partial charge is 0.309 e. The fraction of sp³-hybridized carbons (Fsp3) is 0.179. The van der Waals surface area contributed by atoms with Crippen molar-refractivity contribution in [3.05, 3.63) is 180 Å². The van der Waals surface area contributed by atoms with Crippen LogP contribution in [0.2, 0.25) is 0 Å². The molecule has 0 atom stereocenters. The van der Waals surface area contributed by atoms with Gasteiger partial charge in [-0.1, -0.05) is 127 Å². The van der Waals surface area contributed by atoms with E-state index in [-0.39, 0.29) is 5.41 Å². The molecule has 1 spiro atoms. The minimum absolute atomic E-state index is 0.0631. The highest BCUT2D eigenvalue weighted by atomic mass is 15.0. The molecule has 290 valence electrons. The van der Waals surface area contributed by atoms with E-state index >= 15 is 0 Å². The summed E-state index contributed by atoms with van der Waals surface area (Å²) < 4.78 is 2.33. The Morgan fingerprint density at radius 2 is 1.10 bits per heavy atom. The number of benzene rings is 7. The Morgan fingerprint density at radius 1 is 0.492 bits per heavy atom. The molecule has 0 unspecified atom stereocenters. The summed E-state index contributed by atoms with van der Waals surface area (Å²) in [5, 5.41) is 12.3. The second-order valence-electron chi connectivity index (χ2n) is 17.9. The van der Waals surface area contributed by atoms with Gasteiger partial charge in [0, 0.05) is 38.6 Å². The van der Waals surface area contributed by atoms with Gasteiger partial charge in [0.1, 0.15) is 0 Å². The van der Waals surface area contributed by atoms with Gasteiger partial charge in [0.05, 0.1) is 22.7 Å². The van der Waals surface area contributed by atoms with E-state index in [2.05, 4.69) is 126 Å². The second kappa shape index (κ2) is 13.2. The lowest BCUT2D eigenvalue weighted by Crippen LogP contribution is -2.55. The smallest absolute Gasteiger partial charge is 0.164 e. The minimum Gasteiger partial charge on any atom is -0.309 e. The van der Waals surface area contributed by atoms with Crippen LogP contribution < -0.4 is 0 Å². The number of hydrogen-bond donors (Lipinski definition) is 0. The van der Waals surface area contributed by atoms with E-state index in [0.717, 1.165) is 61.8 Å². The summed E-state index contributed by atoms with van der Waals surface area (Å²) in [6.45, 7) is 0. The highest BCUT2D eigenvalue weighted by Gasteiger charge is 2.62. The lowest BCUT2D eigenvalue weighted by Gasteiger charge is -2.61. The topological polar surface area (TPSA) is 67.4 Å². The third kappa shape index (κ3) is 5.03. The van der Waals surface area contributed by atoms with E-state index in [9.17, 15) is 5.26 Å². The Labute approximate surface area is 355 Å². The van der Waals surface area contributed by atoms with Crippen LogP contribution in [0, 0.1) is 35.0 Å². The first-order valence-electron chi connectivity index (χ1n) is 21.8. The van der Waals surface area contributed by atoms with E-state index < -0.39 is 0 Å². The predicted octanol–water partition coefficient (Wildman–Crippen LogP) is 13.2. The van der Waals surface area contributed by atoms with Crippen molar-refractivity contribution >= 4 is 21.8 Å². The van der Waals surface area contributed by atoms with Crippen molar-refractivity contribution in [2.45, 2.75) is 37.5 Å². The van der Waals surface area contributed by atoms with Crippen molar-refractivity contribution in [2.75, 3.05) is 0 Å². The maximum Gasteiger partial charge on any atom is 0.164 e. The van der Waals surface area contributed by atoms with Crippen molar-refractivity contribution in [1.29, 1.82) is 5.26 Å². The third-order valence-electron chi connectivity index (χ3n) is 14.9. The number of nitriles is 1. The van der Waals surface area contributed by atoms with E-state index in [4.69, 9.17) is 15.0 Å². The summed E-state index contributed by atoms with van der Waals surface area (Å²) >= 11 is 0. The third-order valence-corrected chi connectivity index (χ3v) is 14.9. The molecule has 0 aliphatic heterocycles. The zero-order chi connectivity index (χ0) is 40.2. The molecule has 14 rings (SSSR count). The van der Waals surface area contributed by atoms with Crippen LogP contribution in [-0.4, -0.2) is 19.5 Å². The fourth-order valence-electron chi connectivity index (χ4n) is 12.7. The summed E-state index contributed by atoms with van der Waals surface area (Å²) in [5.41, 5.74) is 14.9. The van der Waals surface area contributed by atoms with E-state index in [1.54, 1.807) is 0 Å². The van der Waals surface area contributed by atoms with Gasteiger partial charge in [-0.15, -0.1) is 0 Å². The maximum atomic E-state index is 10.2. The van der Waals surface area contributed by atoms with Crippen LogP contribution in [0.15, 0.2) is 164 Å². The van der Waals surface area contributed by atoms with Crippen LogP contribution in [0.3, 0.4) is 0 Å². The Hall–Kier alpha value is -7.16. The van der Waals surface area contributed by atoms with E-state index in [1.807, 2.05) is 48.5 Å². The molecule has 0 radical (unpaired) electrons. The maximum absolute atomic E-state index is 10.2. The Bertz CT molecular complexity index is 3180. The number of aromatic nitrogens is 4. The van der Waals surface area contributed by atoms with Crippen molar-refractivity contribution in [3.63, 3.8) is 0 Å². The molecule has 4 saturated carbocycles. The first kappa shape index (κ1) is 34.7. The van der Waals surface area contributed by atoms with Crippen LogP contribution in [0.1, 0.15) is 48.8 Å². The molecular weight excluding hydrogens is 743 g/mol. The Balaban J connectivity index is 1.04. The van der Waals surface area contributed by atoms with Crippen LogP contribution in [0.25, 0.3) is 83.9 Å². The predicted molar refractivity (Wildman–Crippen MR) is 244 cm³/mol. The van der Waals surface area contributed by atoms with Gasteiger partial charge in [0.25, 0.3) is 0 Å². The van der Waals surface area contributed by atoms with Gasteiger partial charge in [-0.2, -0.15) is 5.26 Å². The quantitative estimate of drug-likeness (QED) is 0.174. The van der Waals surface area contributed by atoms with Crippen LogP contribution >= 0.6 is 0 Å². The summed E-state index contributed by atoms with van der Waals surface area (Å²) in [6.07, 6.45) is 6.60. The standard InChI is InChI=1S/C56H41N5/c57-33-40-16-10-21-49-51(40)45-25-23-39(32-50(45)61(49)43-17-8-3-9-18-43)38-22-24-44-48(31-38)56(41-27-34-26-35(29-41)30-42(56)28-34)47-20-11-19-46(52(44)47)55-59-53(36-12-4-1-5-13-36)58-54(60-55)37-14-6-2-7-15-37/h1-25,31-32,34-35,41-42H,26-30H2. The average Bonchev–Trinajstić information content (AvgIpc) is 3.81. The molecule has 5 heteroatoms. The molecule has 2 heterocycles. The molecule has 2 aromatic heterocycles. The molecule has 9 aromatic rings. The molecule has 0 amide bonds. The fourth-order valence-corrected chi connectivity index (χ4v) is 12.7. The van der Waals surface area contributed by atoms with Crippen molar-refractivity contribution in [1.82, 2.24) is 19.5 Å². The summed E-state index contributed by atoms with van der Waals surface area (Å²) in [6, 6.07) is 60.9. The lowest BCUT2D eigenvalue weighted by atomic mass is 9.43. The van der Waals surface area contributed by atoms with Crippen molar-refractivity contribution in [3.8, 4) is 68.2 Å². The minimum atomic E-state index is -0.0631. The van der Waals surface area contributed by atoms with Gasteiger partial charge in [-0.3, -0.25) is 0 Å². The van der Waals surface area contributed by atoms with E-state index in [0.29, 0.717) is 29.0 Å². The first-order chi connectivity index (χ1) is 30.2. The molecule has 61 heavy (non-hydrogen) atoms. The molecule has 0 saturated heterocycles. The number of nitrogens with zero attached hydrogens (tertiary/aromatic N) is 5. The van der Waals surface area contributed by atoms with Crippen LogP contribution in [0.5, 0.6) is 0 Å². The average molecular weight is 784 g/mol. The zero-order valence-corrected chi connectivity index (χ0v) is 33.7. The number of fused-ring (bicyclic) bond motifs is 6. The summed E-state index contributed by atoms with van der Waals surface area (Å²) in [7, 11) is 0. The van der Waals surface area contributed by atoms with Gasteiger partial charge in [-0.05, 0) is 126 Å².